The highest BCUT2D eigenvalue weighted by Crippen LogP contribution is 1.98. The van der Waals surface area contributed by atoms with Crippen molar-refractivity contribution in [2.45, 2.75) is 13.0 Å². The lowest BCUT2D eigenvalue weighted by atomic mass is 10.2. The molecule has 1 unspecified atom stereocenters. The molecule has 0 spiro atoms. The van der Waals surface area contributed by atoms with Gasteiger partial charge in [-0.1, -0.05) is 18.1 Å². The van der Waals surface area contributed by atoms with Gasteiger partial charge >= 0.3 is 0 Å². The van der Waals surface area contributed by atoms with Gasteiger partial charge in [0.25, 0.3) is 0 Å². The minimum atomic E-state index is -0.128. The number of hydrogen-bond acceptors (Lipinski definition) is 2. The monoisotopic (exact) mass is 162 g/mol. The molecule has 62 valence electrons. The Kier molecular flexibility index (Phi) is 2.54. The first-order valence-corrected chi connectivity index (χ1v) is 3.61. The highest BCUT2D eigenvalue weighted by molar-refractivity contribution is 5.74. The average Bonchev–Trinajstić information content (AvgIpc) is 2.03. The molecule has 0 aliphatic carbocycles. The zero-order valence-corrected chi connectivity index (χ0v) is 6.79. The molecular weight excluding hydrogens is 152 g/mol. The molecule has 0 aromatic carbocycles. The van der Waals surface area contributed by atoms with Crippen molar-refractivity contribution in [2.24, 2.45) is 0 Å². The maximum Gasteiger partial charge on any atom is 0.222 e. The molecule has 0 saturated heterocycles. The lowest BCUT2D eigenvalue weighted by molar-refractivity contribution is -0.118. The average molecular weight is 162 g/mol. The van der Waals surface area contributed by atoms with Crippen molar-refractivity contribution in [2.75, 3.05) is 0 Å². The van der Waals surface area contributed by atoms with Crippen LogP contribution >= 0.6 is 0 Å². The van der Waals surface area contributed by atoms with Crippen molar-refractivity contribution in [1.82, 2.24) is 10.6 Å². The van der Waals surface area contributed by atoms with E-state index in [1.165, 1.54) is 6.92 Å². The summed E-state index contributed by atoms with van der Waals surface area (Å²) in [6.45, 7) is 1.45. The number of terminal acetylenes is 1. The van der Waals surface area contributed by atoms with Gasteiger partial charge in [0.1, 0.15) is 11.9 Å². The van der Waals surface area contributed by atoms with E-state index < -0.39 is 0 Å². The zero-order valence-electron chi connectivity index (χ0n) is 6.79. The quantitative estimate of drug-likeness (QED) is 0.538. The van der Waals surface area contributed by atoms with Crippen LogP contribution in [0.5, 0.6) is 0 Å². The SMILES string of the molecule is C#CC1C=CC=C(NC(C)=O)N1. The standard InChI is InChI=1S/C9H10N2O/c1-3-8-5-4-6-9(11-8)10-7(2)12/h1,4-6,8,11H,2H3,(H,10,12). The second-order valence-electron chi connectivity index (χ2n) is 2.44. The number of dihydropyridines is 1. The number of nitrogens with one attached hydrogen (secondary N) is 2. The van der Waals surface area contributed by atoms with Gasteiger partial charge in [0.15, 0.2) is 0 Å². The van der Waals surface area contributed by atoms with Crippen molar-refractivity contribution in [3.63, 3.8) is 0 Å². The third kappa shape index (κ3) is 2.17. The first-order valence-electron chi connectivity index (χ1n) is 3.61. The maximum absolute atomic E-state index is 10.6. The fourth-order valence-electron chi connectivity index (χ4n) is 0.891. The Morgan fingerprint density at radius 1 is 1.83 bits per heavy atom. The van der Waals surface area contributed by atoms with E-state index in [2.05, 4.69) is 16.6 Å². The van der Waals surface area contributed by atoms with Gasteiger partial charge in [0.05, 0.1) is 0 Å². The van der Waals surface area contributed by atoms with Crippen LogP contribution in [-0.2, 0) is 4.79 Å². The van der Waals surface area contributed by atoms with Crippen molar-refractivity contribution >= 4 is 5.91 Å². The van der Waals surface area contributed by atoms with Crippen LogP contribution in [0.3, 0.4) is 0 Å². The summed E-state index contributed by atoms with van der Waals surface area (Å²) in [4.78, 5) is 10.6. The van der Waals surface area contributed by atoms with Crippen molar-refractivity contribution in [3.8, 4) is 12.3 Å². The number of hydrogen-bond donors (Lipinski definition) is 2. The molecule has 0 saturated carbocycles. The highest BCUT2D eigenvalue weighted by atomic mass is 16.1. The summed E-state index contributed by atoms with van der Waals surface area (Å²) in [5.41, 5.74) is 0. The molecule has 1 atom stereocenters. The number of amides is 1. The molecule has 1 aliphatic rings. The van der Waals surface area contributed by atoms with Crippen molar-refractivity contribution in [3.05, 3.63) is 24.0 Å². The topological polar surface area (TPSA) is 41.1 Å². The summed E-state index contributed by atoms with van der Waals surface area (Å²) in [7, 11) is 0. The van der Waals surface area contributed by atoms with E-state index in [4.69, 9.17) is 6.42 Å². The molecule has 0 aromatic heterocycles. The first-order chi connectivity index (χ1) is 5.72. The van der Waals surface area contributed by atoms with Gasteiger partial charge in [0, 0.05) is 6.92 Å². The zero-order chi connectivity index (χ0) is 8.97. The first kappa shape index (κ1) is 8.41. The molecule has 12 heavy (non-hydrogen) atoms. The van der Waals surface area contributed by atoms with E-state index in [9.17, 15) is 4.79 Å². The number of allylic oxidation sites excluding steroid dienone is 2. The van der Waals surface area contributed by atoms with E-state index in [1.54, 1.807) is 6.08 Å². The molecule has 1 rings (SSSR count). The summed E-state index contributed by atoms with van der Waals surface area (Å²) < 4.78 is 0. The molecule has 0 aromatic rings. The summed E-state index contributed by atoms with van der Waals surface area (Å²) >= 11 is 0. The van der Waals surface area contributed by atoms with E-state index in [0.717, 1.165) is 0 Å². The van der Waals surface area contributed by atoms with Gasteiger partial charge in [-0.2, -0.15) is 0 Å². The molecule has 0 radical (unpaired) electrons. The third-order valence-corrected chi connectivity index (χ3v) is 1.37. The van der Waals surface area contributed by atoms with Gasteiger partial charge in [-0.15, -0.1) is 6.42 Å². The van der Waals surface area contributed by atoms with E-state index in [-0.39, 0.29) is 11.9 Å². The molecule has 3 nitrogen and oxygen atoms in total. The van der Waals surface area contributed by atoms with Crippen LogP contribution in [-0.4, -0.2) is 11.9 Å². The summed E-state index contributed by atoms with van der Waals surface area (Å²) in [5.74, 6) is 3.05. The highest BCUT2D eigenvalue weighted by Gasteiger charge is 2.06. The Morgan fingerprint density at radius 2 is 2.58 bits per heavy atom. The fourth-order valence-corrected chi connectivity index (χ4v) is 0.891. The third-order valence-electron chi connectivity index (χ3n) is 1.37. The smallest absolute Gasteiger partial charge is 0.222 e. The fraction of sp³-hybridized carbons (Fsp3) is 0.222. The second-order valence-corrected chi connectivity index (χ2v) is 2.44. The van der Waals surface area contributed by atoms with Crippen molar-refractivity contribution in [1.29, 1.82) is 0 Å². The minimum absolute atomic E-state index is 0.111. The van der Waals surface area contributed by atoms with Gasteiger partial charge in [-0.05, 0) is 6.08 Å². The Morgan fingerprint density at radius 3 is 3.17 bits per heavy atom. The van der Waals surface area contributed by atoms with Crippen LogP contribution in [0.1, 0.15) is 6.92 Å². The normalized spacial score (nSPS) is 20.3. The van der Waals surface area contributed by atoms with E-state index in [1.807, 2.05) is 12.2 Å². The summed E-state index contributed by atoms with van der Waals surface area (Å²) in [5, 5.41) is 5.55. The van der Waals surface area contributed by atoms with Crippen LogP contribution in [0.4, 0.5) is 0 Å². The summed E-state index contributed by atoms with van der Waals surface area (Å²) in [6, 6.07) is -0.128. The molecule has 2 N–H and O–H groups in total. The Bertz CT molecular complexity index is 283. The van der Waals surface area contributed by atoms with Crippen molar-refractivity contribution < 1.29 is 4.79 Å². The van der Waals surface area contributed by atoms with Gasteiger partial charge < -0.3 is 10.6 Å². The second kappa shape index (κ2) is 3.63. The Balaban J connectivity index is 2.58. The van der Waals surface area contributed by atoms with Gasteiger partial charge in [-0.3, -0.25) is 4.79 Å². The Hall–Kier alpha value is -1.69. The largest absolute Gasteiger partial charge is 0.355 e. The van der Waals surface area contributed by atoms with E-state index >= 15 is 0 Å². The van der Waals surface area contributed by atoms with Gasteiger partial charge in [-0.25, -0.2) is 0 Å². The summed E-state index contributed by atoms with van der Waals surface area (Å²) in [6.07, 6.45) is 10.6. The van der Waals surface area contributed by atoms with E-state index in [0.29, 0.717) is 5.82 Å². The molecule has 3 heteroatoms. The van der Waals surface area contributed by atoms with Crippen LogP contribution in [0.2, 0.25) is 0 Å². The maximum atomic E-state index is 10.6. The number of carbonyl (C=O) groups is 1. The molecular formula is C9H10N2O. The molecule has 0 fully saturated rings. The minimum Gasteiger partial charge on any atom is -0.355 e. The lowest BCUT2D eigenvalue weighted by Crippen LogP contribution is -2.36. The van der Waals surface area contributed by atoms with Crippen LogP contribution in [0.15, 0.2) is 24.0 Å². The lowest BCUT2D eigenvalue weighted by Gasteiger charge is -2.16. The number of rotatable bonds is 1. The van der Waals surface area contributed by atoms with Crippen LogP contribution < -0.4 is 10.6 Å². The Labute approximate surface area is 71.5 Å². The predicted octanol–water partition coefficient (Wildman–Crippen LogP) is 0.125. The predicted molar refractivity (Wildman–Crippen MR) is 46.8 cm³/mol. The molecule has 0 bridgehead atoms. The molecule has 1 aliphatic heterocycles. The van der Waals surface area contributed by atoms with Crippen LogP contribution in [0.25, 0.3) is 0 Å². The number of carbonyl (C=O) groups excluding carboxylic acids is 1. The molecule has 1 heterocycles. The van der Waals surface area contributed by atoms with Crippen LogP contribution in [0, 0.1) is 12.3 Å². The molecule has 1 amide bonds. The van der Waals surface area contributed by atoms with Gasteiger partial charge in [0.2, 0.25) is 5.91 Å².